The zero-order valence-electron chi connectivity index (χ0n) is 17.7. The van der Waals surface area contributed by atoms with Crippen molar-refractivity contribution in [3.63, 3.8) is 0 Å². The van der Waals surface area contributed by atoms with Crippen molar-refractivity contribution in [3.8, 4) is 11.5 Å². The lowest BCUT2D eigenvalue weighted by Gasteiger charge is -2.19. The fourth-order valence-corrected chi connectivity index (χ4v) is 3.71. The van der Waals surface area contributed by atoms with Crippen LogP contribution in [0.3, 0.4) is 0 Å². The Kier molecular flexibility index (Phi) is 6.36. The van der Waals surface area contributed by atoms with Gasteiger partial charge in [-0.25, -0.2) is 15.0 Å². The van der Waals surface area contributed by atoms with E-state index in [0.29, 0.717) is 45.5 Å². The standard InChI is InChI=1S/C22H22ClN5O4/c1-28-7-6-13-4-3-5-16(23)20(13)27-22-15-8-14(32-11-18(29)24-10-19(28)30)9-17(31-2)21(15)25-12-26-22/h5-6,8-9,12H,3-4,7,10-11H2,1-2H3,(H,24,29)/b13-6-,27-20?. The van der Waals surface area contributed by atoms with Crippen LogP contribution in [-0.4, -0.2) is 66.2 Å². The van der Waals surface area contributed by atoms with Crippen molar-refractivity contribution < 1.29 is 19.1 Å². The van der Waals surface area contributed by atoms with Crippen LogP contribution in [0.1, 0.15) is 12.8 Å². The third-order valence-electron chi connectivity index (χ3n) is 5.21. The van der Waals surface area contributed by atoms with Crippen LogP contribution in [0.5, 0.6) is 11.5 Å². The first kappa shape index (κ1) is 21.8. The maximum Gasteiger partial charge on any atom is 0.258 e. The van der Waals surface area contributed by atoms with Crippen LogP contribution in [-0.2, 0) is 9.59 Å². The molecular weight excluding hydrogens is 434 g/mol. The molecule has 1 aliphatic carbocycles. The van der Waals surface area contributed by atoms with E-state index < -0.39 is 5.91 Å². The van der Waals surface area contributed by atoms with Crippen LogP contribution < -0.4 is 14.8 Å². The minimum Gasteiger partial charge on any atom is -0.494 e. The number of likely N-dealkylation sites (N-methyl/N-ethyl adjacent to an activating group) is 1. The highest BCUT2D eigenvalue weighted by Gasteiger charge is 2.19. The second-order valence-corrected chi connectivity index (χ2v) is 7.75. The molecule has 1 aromatic carbocycles. The number of methoxy groups -OCH3 is 1. The molecule has 10 heteroatoms. The van der Waals surface area contributed by atoms with Crippen LogP contribution in [0.15, 0.2) is 46.2 Å². The normalized spacial score (nSPS) is 19.3. The van der Waals surface area contributed by atoms with Crippen molar-refractivity contribution in [2.24, 2.45) is 4.99 Å². The van der Waals surface area contributed by atoms with E-state index in [1.165, 1.54) is 18.3 Å². The fraction of sp³-hybridized carbons (Fsp3) is 0.318. The minimum atomic E-state index is -0.412. The predicted octanol–water partition coefficient (Wildman–Crippen LogP) is 2.52. The van der Waals surface area contributed by atoms with Crippen LogP contribution in [0.25, 0.3) is 10.9 Å². The van der Waals surface area contributed by atoms with Gasteiger partial charge >= 0.3 is 0 Å². The number of nitrogens with zero attached hydrogens (tertiary/aromatic N) is 4. The van der Waals surface area contributed by atoms with E-state index in [4.69, 9.17) is 26.1 Å². The zero-order valence-corrected chi connectivity index (χ0v) is 18.5. The molecule has 0 unspecified atom stereocenters. The number of fused-ring (bicyclic) bond motifs is 2. The molecule has 166 valence electrons. The second-order valence-electron chi connectivity index (χ2n) is 7.34. The Hall–Kier alpha value is -3.46. The molecular formula is C22H22ClN5O4. The van der Waals surface area contributed by atoms with E-state index in [1.807, 2.05) is 12.2 Å². The van der Waals surface area contributed by atoms with Gasteiger partial charge < -0.3 is 19.7 Å². The molecule has 1 aromatic heterocycles. The first-order chi connectivity index (χ1) is 15.5. The van der Waals surface area contributed by atoms with E-state index in [2.05, 4.69) is 15.3 Å². The highest BCUT2D eigenvalue weighted by Crippen LogP contribution is 2.35. The molecule has 0 saturated carbocycles. The number of carbonyl (C=O) groups excluding carboxylic acids is 2. The lowest BCUT2D eigenvalue weighted by molar-refractivity contribution is -0.132. The van der Waals surface area contributed by atoms with Gasteiger partial charge in [0.05, 0.1) is 29.8 Å². The van der Waals surface area contributed by atoms with Gasteiger partial charge in [0.15, 0.2) is 12.4 Å². The van der Waals surface area contributed by atoms with E-state index in [-0.39, 0.29) is 19.1 Å². The summed E-state index contributed by atoms with van der Waals surface area (Å²) in [7, 11) is 3.20. The summed E-state index contributed by atoms with van der Waals surface area (Å²) >= 11 is 6.52. The van der Waals surface area contributed by atoms with Gasteiger partial charge in [0.2, 0.25) is 5.91 Å². The fourth-order valence-electron chi connectivity index (χ4n) is 3.44. The average Bonchev–Trinajstić information content (AvgIpc) is 2.80. The Morgan fingerprint density at radius 1 is 1.22 bits per heavy atom. The number of ether oxygens (including phenoxy) is 2. The van der Waals surface area contributed by atoms with Gasteiger partial charge in [0.1, 0.15) is 23.3 Å². The molecule has 2 bridgehead atoms. The topological polar surface area (TPSA) is 106 Å². The largest absolute Gasteiger partial charge is 0.494 e. The van der Waals surface area contributed by atoms with E-state index in [1.54, 1.807) is 19.2 Å². The number of nitrogens with one attached hydrogen (secondary N) is 1. The highest BCUT2D eigenvalue weighted by atomic mass is 35.5. The van der Waals surface area contributed by atoms with Crippen LogP contribution in [0, 0.1) is 0 Å². The summed E-state index contributed by atoms with van der Waals surface area (Å²) < 4.78 is 11.1. The molecule has 0 radical (unpaired) electrons. The number of allylic oxidation sites excluding steroid dienone is 3. The van der Waals surface area contributed by atoms with Gasteiger partial charge in [0.25, 0.3) is 5.91 Å². The van der Waals surface area contributed by atoms with Gasteiger partial charge in [-0.3, -0.25) is 9.59 Å². The quantitative estimate of drug-likeness (QED) is 0.708. The Balaban J connectivity index is 1.89. The first-order valence-corrected chi connectivity index (χ1v) is 10.4. The number of hydrogen-bond donors (Lipinski definition) is 1. The molecule has 2 amide bonds. The Morgan fingerprint density at radius 2 is 2.06 bits per heavy atom. The van der Waals surface area contributed by atoms with Crippen LogP contribution in [0.2, 0.25) is 0 Å². The Bertz CT molecular complexity index is 1170. The maximum absolute atomic E-state index is 12.4. The third-order valence-corrected chi connectivity index (χ3v) is 5.54. The second kappa shape index (κ2) is 9.35. The zero-order chi connectivity index (χ0) is 22.7. The Morgan fingerprint density at radius 3 is 2.88 bits per heavy atom. The number of hydrogen-bond acceptors (Lipinski definition) is 7. The molecule has 2 aliphatic rings. The summed E-state index contributed by atoms with van der Waals surface area (Å²) in [6, 6.07) is 3.35. The summed E-state index contributed by atoms with van der Waals surface area (Å²) in [5, 5.41) is 3.70. The molecule has 9 nitrogen and oxygen atoms in total. The van der Waals surface area contributed by atoms with Gasteiger partial charge in [-0.15, -0.1) is 0 Å². The van der Waals surface area contributed by atoms with Crippen molar-refractivity contribution in [1.29, 1.82) is 0 Å². The summed E-state index contributed by atoms with van der Waals surface area (Å²) in [6.45, 7) is -0.0312. The number of carbonyl (C=O) groups is 2. The number of amides is 2. The maximum atomic E-state index is 12.4. The van der Waals surface area contributed by atoms with E-state index in [0.717, 1.165) is 18.4 Å². The van der Waals surface area contributed by atoms with Gasteiger partial charge in [-0.2, -0.15) is 0 Å². The van der Waals surface area contributed by atoms with Gasteiger partial charge in [-0.05, 0) is 24.5 Å². The molecule has 0 saturated heterocycles. The molecule has 0 fully saturated rings. The smallest absolute Gasteiger partial charge is 0.258 e. The first-order valence-electron chi connectivity index (χ1n) is 10.1. The van der Waals surface area contributed by atoms with Gasteiger partial charge in [-0.1, -0.05) is 23.8 Å². The van der Waals surface area contributed by atoms with Crippen LogP contribution in [0.4, 0.5) is 5.82 Å². The van der Waals surface area contributed by atoms with E-state index in [9.17, 15) is 9.59 Å². The SMILES string of the molecule is COc1cc2cc3c(ncnc13)N=C1C(Cl)=CCC/C1=C/CN(C)C(=O)CNC(=O)CO2. The molecule has 0 atom stereocenters. The third kappa shape index (κ3) is 4.57. The molecule has 0 spiro atoms. The molecule has 2 heterocycles. The van der Waals surface area contributed by atoms with Crippen molar-refractivity contribution in [2.45, 2.75) is 12.8 Å². The molecule has 1 N–H and O–H groups in total. The van der Waals surface area contributed by atoms with Crippen molar-refractivity contribution in [2.75, 3.05) is 33.9 Å². The summed E-state index contributed by atoms with van der Waals surface area (Å²) in [5.41, 5.74) is 2.08. The lowest BCUT2D eigenvalue weighted by Crippen LogP contribution is -2.40. The van der Waals surface area contributed by atoms with E-state index >= 15 is 0 Å². The molecule has 4 rings (SSSR count). The number of aliphatic imine (C=N–C) groups is 1. The number of rotatable bonds is 1. The van der Waals surface area contributed by atoms with Crippen molar-refractivity contribution in [1.82, 2.24) is 20.2 Å². The highest BCUT2D eigenvalue weighted by molar-refractivity contribution is 6.46. The molecule has 32 heavy (non-hydrogen) atoms. The number of halogens is 1. The lowest BCUT2D eigenvalue weighted by atomic mass is 9.98. The summed E-state index contributed by atoms with van der Waals surface area (Å²) in [4.78, 5) is 39.5. The van der Waals surface area contributed by atoms with Crippen molar-refractivity contribution >= 4 is 45.8 Å². The average molecular weight is 456 g/mol. The predicted molar refractivity (Wildman–Crippen MR) is 121 cm³/mol. The number of benzene rings is 1. The monoisotopic (exact) mass is 455 g/mol. The van der Waals surface area contributed by atoms with Crippen LogP contribution >= 0.6 is 11.6 Å². The molecule has 2 aromatic rings. The van der Waals surface area contributed by atoms with Crippen molar-refractivity contribution in [3.05, 3.63) is 41.2 Å². The Labute approximate surface area is 189 Å². The minimum absolute atomic E-state index is 0.123. The van der Waals surface area contributed by atoms with Gasteiger partial charge in [0, 0.05) is 19.7 Å². The molecule has 1 aliphatic heterocycles. The summed E-state index contributed by atoms with van der Waals surface area (Å²) in [5.74, 6) is 0.608. The number of aromatic nitrogens is 2. The summed E-state index contributed by atoms with van der Waals surface area (Å²) in [6.07, 6.45) is 6.76.